The molecule has 0 saturated carbocycles. The zero-order valence-corrected chi connectivity index (χ0v) is 17.0. The van der Waals surface area contributed by atoms with E-state index in [2.05, 4.69) is 0 Å². The van der Waals surface area contributed by atoms with Crippen LogP contribution in [0.3, 0.4) is 0 Å². The van der Waals surface area contributed by atoms with Crippen LogP contribution in [0.25, 0.3) is 0 Å². The highest BCUT2D eigenvalue weighted by Crippen LogP contribution is 2.39. The average Bonchev–Trinajstić information content (AvgIpc) is 2.60. The van der Waals surface area contributed by atoms with Gasteiger partial charge in [-0.25, -0.2) is 0 Å². The van der Waals surface area contributed by atoms with Crippen molar-refractivity contribution in [1.82, 2.24) is 0 Å². The summed E-state index contributed by atoms with van der Waals surface area (Å²) in [5.74, 6) is 0. The lowest BCUT2D eigenvalue weighted by atomic mass is 9.70. The van der Waals surface area contributed by atoms with Crippen LogP contribution < -0.4 is 0 Å². The minimum Gasteiger partial charge on any atom is -0.270 e. The molecule has 0 amide bonds. The maximum atomic E-state index is 11.4. The minimum atomic E-state index is -3.58. The zero-order valence-electron chi connectivity index (χ0n) is 15.4. The number of benzene rings is 2. The molecule has 0 N–H and O–H groups in total. The second kappa shape index (κ2) is 8.97. The lowest BCUT2D eigenvalue weighted by Crippen LogP contribution is -2.32. The third-order valence-corrected chi connectivity index (χ3v) is 5.49. The predicted molar refractivity (Wildman–Crippen MR) is 104 cm³/mol. The van der Waals surface area contributed by atoms with Crippen LogP contribution in [-0.2, 0) is 34.0 Å². The van der Waals surface area contributed by atoms with E-state index < -0.39 is 25.7 Å². The molecule has 6 nitrogen and oxygen atoms in total. The summed E-state index contributed by atoms with van der Waals surface area (Å²) in [5, 5.41) is 0. The average molecular weight is 413 g/mol. The molecule has 148 valence electrons. The van der Waals surface area contributed by atoms with Crippen molar-refractivity contribution in [1.29, 1.82) is 0 Å². The molecule has 0 aromatic heterocycles. The van der Waals surface area contributed by atoms with Gasteiger partial charge in [-0.2, -0.15) is 16.8 Å². The van der Waals surface area contributed by atoms with E-state index in [0.29, 0.717) is 12.8 Å². The van der Waals surface area contributed by atoms with Gasteiger partial charge in [0, 0.05) is 5.41 Å². The summed E-state index contributed by atoms with van der Waals surface area (Å²) in [6.07, 6.45) is 2.71. The largest absolute Gasteiger partial charge is 0.270 e. The summed E-state index contributed by atoms with van der Waals surface area (Å²) < 4.78 is 55.6. The Morgan fingerprint density at radius 2 is 1.00 bits per heavy atom. The molecule has 0 aliphatic heterocycles. The first-order chi connectivity index (χ1) is 12.6. The van der Waals surface area contributed by atoms with Crippen molar-refractivity contribution in [2.75, 3.05) is 25.7 Å². The monoisotopic (exact) mass is 412 g/mol. The van der Waals surface area contributed by atoms with Crippen molar-refractivity contribution in [3.05, 3.63) is 71.8 Å². The van der Waals surface area contributed by atoms with Gasteiger partial charge in [-0.05, 0) is 24.0 Å². The maximum absolute atomic E-state index is 11.4. The van der Waals surface area contributed by atoms with Gasteiger partial charge in [0.1, 0.15) is 0 Å². The quantitative estimate of drug-likeness (QED) is 0.558. The highest BCUT2D eigenvalue weighted by molar-refractivity contribution is 7.86. The van der Waals surface area contributed by atoms with Crippen LogP contribution in [0.4, 0.5) is 0 Å². The smallest absolute Gasteiger partial charge is 0.264 e. The van der Waals surface area contributed by atoms with E-state index in [9.17, 15) is 16.8 Å². The Balaban J connectivity index is 2.44. The van der Waals surface area contributed by atoms with Crippen LogP contribution in [-0.4, -0.2) is 42.6 Å². The molecule has 8 heteroatoms. The van der Waals surface area contributed by atoms with Crippen molar-refractivity contribution in [2.45, 2.75) is 18.3 Å². The van der Waals surface area contributed by atoms with Crippen molar-refractivity contribution < 1.29 is 25.2 Å². The fourth-order valence-electron chi connectivity index (χ4n) is 3.12. The number of hydrogen-bond donors (Lipinski definition) is 0. The molecule has 0 aliphatic carbocycles. The van der Waals surface area contributed by atoms with E-state index in [0.717, 1.165) is 23.6 Å². The summed E-state index contributed by atoms with van der Waals surface area (Å²) in [7, 11) is -7.16. The van der Waals surface area contributed by atoms with E-state index in [4.69, 9.17) is 8.37 Å². The molecule has 0 fully saturated rings. The molecule has 2 rings (SSSR count). The number of rotatable bonds is 10. The standard InChI is InChI=1S/C19H24O6S2/c1-26(20,21)24-15-13-19(14-16-25-27(2,22)23,17-9-5-3-6-10-17)18-11-7-4-8-12-18/h3-12H,13-16H2,1-2H3. The van der Waals surface area contributed by atoms with Gasteiger partial charge in [-0.1, -0.05) is 60.7 Å². The third kappa shape index (κ3) is 6.73. The summed E-state index contributed by atoms with van der Waals surface area (Å²) in [6, 6.07) is 19.1. The normalized spacial score (nSPS) is 12.8. The van der Waals surface area contributed by atoms with E-state index in [-0.39, 0.29) is 13.2 Å². The van der Waals surface area contributed by atoms with Gasteiger partial charge >= 0.3 is 0 Å². The van der Waals surface area contributed by atoms with Crippen LogP contribution in [0.2, 0.25) is 0 Å². The second-order valence-electron chi connectivity index (χ2n) is 6.37. The lowest BCUT2D eigenvalue weighted by molar-refractivity contribution is 0.238. The lowest BCUT2D eigenvalue weighted by Gasteiger charge is -2.35. The van der Waals surface area contributed by atoms with Gasteiger partial charge in [0.25, 0.3) is 20.2 Å². The maximum Gasteiger partial charge on any atom is 0.264 e. The van der Waals surface area contributed by atoms with Crippen LogP contribution in [0, 0.1) is 0 Å². The fourth-order valence-corrected chi connectivity index (χ4v) is 3.89. The Bertz CT molecular complexity index is 843. The van der Waals surface area contributed by atoms with Gasteiger partial charge in [-0.3, -0.25) is 8.37 Å². The van der Waals surface area contributed by atoms with Crippen LogP contribution in [0.1, 0.15) is 24.0 Å². The van der Waals surface area contributed by atoms with Gasteiger partial charge in [0.2, 0.25) is 0 Å². The van der Waals surface area contributed by atoms with Gasteiger partial charge in [0.15, 0.2) is 0 Å². The fraction of sp³-hybridized carbons (Fsp3) is 0.368. The van der Waals surface area contributed by atoms with Crippen molar-refractivity contribution >= 4 is 20.2 Å². The summed E-state index contributed by atoms with van der Waals surface area (Å²) >= 11 is 0. The molecule has 0 spiro atoms. The molecular weight excluding hydrogens is 388 g/mol. The molecule has 2 aromatic rings. The molecule has 0 aliphatic rings. The molecule has 0 heterocycles. The van der Waals surface area contributed by atoms with Crippen molar-refractivity contribution in [3.63, 3.8) is 0 Å². The summed E-state index contributed by atoms with van der Waals surface area (Å²) in [4.78, 5) is 0. The van der Waals surface area contributed by atoms with E-state index >= 15 is 0 Å². The van der Waals surface area contributed by atoms with Crippen molar-refractivity contribution in [2.24, 2.45) is 0 Å². The van der Waals surface area contributed by atoms with E-state index in [1.54, 1.807) is 0 Å². The Kier molecular flexibility index (Phi) is 7.16. The molecule has 27 heavy (non-hydrogen) atoms. The van der Waals surface area contributed by atoms with E-state index in [1.165, 1.54) is 0 Å². The summed E-state index contributed by atoms with van der Waals surface area (Å²) in [5.41, 5.74) is 1.22. The highest BCUT2D eigenvalue weighted by Gasteiger charge is 2.34. The molecular formula is C19H24O6S2. The van der Waals surface area contributed by atoms with Gasteiger partial charge < -0.3 is 0 Å². The molecule has 0 radical (unpaired) electrons. The molecule has 0 bridgehead atoms. The Hall–Kier alpha value is -1.74. The Morgan fingerprint density at radius 1 is 0.667 bits per heavy atom. The first-order valence-electron chi connectivity index (χ1n) is 8.42. The van der Waals surface area contributed by atoms with Crippen LogP contribution in [0.5, 0.6) is 0 Å². The molecule has 2 aromatic carbocycles. The second-order valence-corrected chi connectivity index (χ2v) is 9.65. The number of hydrogen-bond acceptors (Lipinski definition) is 6. The SMILES string of the molecule is CS(=O)(=O)OCCC(CCOS(C)(=O)=O)(c1ccccc1)c1ccccc1. The third-order valence-electron chi connectivity index (χ3n) is 4.31. The van der Waals surface area contributed by atoms with Crippen molar-refractivity contribution in [3.8, 4) is 0 Å². The Morgan fingerprint density at radius 3 is 1.30 bits per heavy atom. The minimum absolute atomic E-state index is 0.0263. The summed E-state index contributed by atoms with van der Waals surface area (Å²) in [6.45, 7) is -0.0526. The van der Waals surface area contributed by atoms with Crippen LogP contribution in [0.15, 0.2) is 60.7 Å². The topological polar surface area (TPSA) is 86.7 Å². The first kappa shape index (κ1) is 21.6. The van der Waals surface area contributed by atoms with E-state index in [1.807, 2.05) is 60.7 Å². The van der Waals surface area contributed by atoms with Crippen LogP contribution >= 0.6 is 0 Å². The van der Waals surface area contributed by atoms with Gasteiger partial charge in [0.05, 0.1) is 25.7 Å². The predicted octanol–water partition coefficient (Wildman–Crippen LogP) is 2.71. The molecule has 0 atom stereocenters. The zero-order chi connectivity index (χ0) is 20.0. The first-order valence-corrected chi connectivity index (χ1v) is 12.1. The highest BCUT2D eigenvalue weighted by atomic mass is 32.2. The van der Waals surface area contributed by atoms with Gasteiger partial charge in [-0.15, -0.1) is 0 Å². The Labute approximate surface area is 161 Å². The molecule has 0 unspecified atom stereocenters. The molecule has 0 saturated heterocycles.